The van der Waals surface area contributed by atoms with Crippen LogP contribution in [0.15, 0.2) is 30.3 Å². The third-order valence-corrected chi connectivity index (χ3v) is 4.94. The van der Waals surface area contributed by atoms with Gasteiger partial charge in [0.15, 0.2) is 0 Å². The summed E-state index contributed by atoms with van der Waals surface area (Å²) < 4.78 is 0. The lowest BCUT2D eigenvalue weighted by atomic mass is 10.0. The summed E-state index contributed by atoms with van der Waals surface area (Å²) in [5, 5.41) is 18.9. The van der Waals surface area contributed by atoms with E-state index in [1.54, 1.807) is 4.90 Å². The van der Waals surface area contributed by atoms with Gasteiger partial charge < -0.3 is 10.0 Å². The number of nitriles is 1. The molecule has 1 N–H and O–H groups in total. The minimum atomic E-state index is -0.295. The van der Waals surface area contributed by atoms with Gasteiger partial charge in [0.2, 0.25) is 5.91 Å². The van der Waals surface area contributed by atoms with Crippen molar-refractivity contribution in [1.29, 1.82) is 5.26 Å². The number of aliphatic hydroxyl groups is 1. The van der Waals surface area contributed by atoms with Crippen molar-refractivity contribution < 1.29 is 9.90 Å². The first kappa shape index (κ1) is 18.4. The number of hydrogen-bond acceptors (Lipinski definition) is 4. The second-order valence-electron chi connectivity index (χ2n) is 6.61. The van der Waals surface area contributed by atoms with Crippen molar-refractivity contribution in [3.05, 3.63) is 30.3 Å². The highest BCUT2D eigenvalue weighted by Gasteiger charge is 2.30. The van der Waals surface area contributed by atoms with Crippen molar-refractivity contribution in [1.82, 2.24) is 4.90 Å². The average Bonchev–Trinajstić information content (AvgIpc) is 3.00. The first-order chi connectivity index (χ1) is 11.5. The maximum absolute atomic E-state index is 13.0. The Morgan fingerprint density at radius 3 is 2.67 bits per heavy atom. The third kappa shape index (κ3) is 4.56. The van der Waals surface area contributed by atoms with Crippen molar-refractivity contribution >= 4 is 11.6 Å². The normalized spacial score (nSPS) is 21.5. The van der Waals surface area contributed by atoms with Gasteiger partial charge >= 0.3 is 0 Å². The van der Waals surface area contributed by atoms with Crippen LogP contribution in [0.2, 0.25) is 0 Å². The van der Waals surface area contributed by atoms with Crippen molar-refractivity contribution in [3.8, 4) is 6.07 Å². The molecule has 24 heavy (non-hydrogen) atoms. The number of benzene rings is 1. The first-order valence-electron chi connectivity index (χ1n) is 8.66. The number of amides is 1. The molecule has 1 aliphatic rings. The Morgan fingerprint density at radius 1 is 1.38 bits per heavy atom. The van der Waals surface area contributed by atoms with Crippen molar-refractivity contribution in [2.24, 2.45) is 5.92 Å². The van der Waals surface area contributed by atoms with Gasteiger partial charge in [-0.05, 0) is 44.9 Å². The zero-order chi connectivity index (χ0) is 17.5. The Labute approximate surface area is 144 Å². The average molecular weight is 329 g/mol. The maximum atomic E-state index is 13.0. The SMILES string of the molecule is CC(C(=O)N(CCC#N)c1ccccc1)N(C)CC1CCCC1O. The van der Waals surface area contributed by atoms with Crippen LogP contribution < -0.4 is 4.90 Å². The lowest BCUT2D eigenvalue weighted by molar-refractivity contribution is -0.123. The molecule has 5 nitrogen and oxygen atoms in total. The van der Waals surface area contributed by atoms with Gasteiger partial charge in [0.1, 0.15) is 0 Å². The fraction of sp³-hybridized carbons (Fsp3) is 0.579. The van der Waals surface area contributed by atoms with E-state index in [1.807, 2.05) is 49.2 Å². The second kappa shape index (κ2) is 8.81. The van der Waals surface area contributed by atoms with Crippen molar-refractivity contribution in [2.45, 2.75) is 44.8 Å². The molecule has 0 aliphatic heterocycles. The number of likely N-dealkylation sites (N-methyl/N-ethyl adjacent to an activating group) is 1. The molecule has 1 aromatic rings. The number of rotatable bonds is 7. The van der Waals surface area contributed by atoms with Gasteiger partial charge in [0.25, 0.3) is 0 Å². The Balaban J connectivity index is 2.05. The van der Waals surface area contributed by atoms with Gasteiger partial charge in [-0.3, -0.25) is 9.69 Å². The van der Waals surface area contributed by atoms with Gasteiger partial charge in [-0.1, -0.05) is 24.6 Å². The molecule has 5 heteroatoms. The topological polar surface area (TPSA) is 67.6 Å². The highest BCUT2D eigenvalue weighted by atomic mass is 16.3. The van der Waals surface area contributed by atoms with Crippen LogP contribution in [0.5, 0.6) is 0 Å². The molecule has 1 saturated carbocycles. The number of hydrogen-bond donors (Lipinski definition) is 1. The fourth-order valence-electron chi connectivity index (χ4n) is 3.31. The number of nitrogens with zero attached hydrogens (tertiary/aromatic N) is 3. The van der Waals surface area contributed by atoms with Gasteiger partial charge in [-0.2, -0.15) is 5.26 Å². The number of anilines is 1. The van der Waals surface area contributed by atoms with E-state index in [9.17, 15) is 9.90 Å². The molecule has 3 atom stereocenters. The van der Waals surface area contributed by atoms with E-state index in [1.165, 1.54) is 0 Å². The molecule has 0 spiro atoms. The maximum Gasteiger partial charge on any atom is 0.244 e. The third-order valence-electron chi connectivity index (χ3n) is 4.94. The standard InChI is InChI=1S/C19H27N3O2/c1-15(21(2)14-16-8-6-11-18(16)23)19(24)22(13-7-12-20)17-9-4-3-5-10-17/h3-5,9-10,15-16,18,23H,6-8,11,13-14H2,1-2H3. The molecule has 0 aromatic heterocycles. The molecule has 1 amide bonds. The molecule has 0 saturated heterocycles. The zero-order valence-corrected chi connectivity index (χ0v) is 14.6. The van der Waals surface area contributed by atoms with E-state index < -0.39 is 0 Å². The molecule has 3 unspecified atom stereocenters. The Hall–Kier alpha value is -1.90. The Kier molecular flexibility index (Phi) is 6.77. The second-order valence-corrected chi connectivity index (χ2v) is 6.61. The molecule has 1 aliphatic carbocycles. The van der Waals surface area contributed by atoms with Crippen LogP contribution in [-0.4, -0.2) is 48.2 Å². The smallest absolute Gasteiger partial charge is 0.244 e. The highest BCUT2D eigenvalue weighted by molar-refractivity contribution is 5.96. The predicted octanol–water partition coefficient (Wildman–Crippen LogP) is 2.41. The number of aliphatic hydroxyl groups excluding tert-OH is 1. The summed E-state index contributed by atoms with van der Waals surface area (Å²) in [5.41, 5.74) is 0.818. The van der Waals surface area contributed by atoms with E-state index in [-0.39, 0.29) is 24.0 Å². The van der Waals surface area contributed by atoms with E-state index in [0.717, 1.165) is 31.5 Å². The fourth-order valence-corrected chi connectivity index (χ4v) is 3.31. The van der Waals surface area contributed by atoms with E-state index in [0.29, 0.717) is 13.0 Å². The molecule has 1 fully saturated rings. The molecular formula is C19H27N3O2. The van der Waals surface area contributed by atoms with Crippen LogP contribution in [0, 0.1) is 17.2 Å². The summed E-state index contributed by atoms with van der Waals surface area (Å²) in [6.07, 6.45) is 2.99. The predicted molar refractivity (Wildman–Crippen MR) is 94.5 cm³/mol. The van der Waals surface area contributed by atoms with E-state index >= 15 is 0 Å². The quantitative estimate of drug-likeness (QED) is 0.834. The van der Waals surface area contributed by atoms with Crippen molar-refractivity contribution in [2.75, 3.05) is 25.0 Å². The van der Waals surface area contributed by atoms with Crippen LogP contribution in [0.3, 0.4) is 0 Å². The van der Waals surface area contributed by atoms with Gasteiger partial charge in [-0.15, -0.1) is 0 Å². The number of carbonyl (C=O) groups excluding carboxylic acids is 1. The monoisotopic (exact) mass is 329 g/mol. The molecule has 0 radical (unpaired) electrons. The summed E-state index contributed by atoms with van der Waals surface area (Å²) in [4.78, 5) is 16.7. The van der Waals surface area contributed by atoms with E-state index in [2.05, 4.69) is 6.07 Å². The lowest BCUT2D eigenvalue weighted by Gasteiger charge is -2.32. The van der Waals surface area contributed by atoms with Crippen LogP contribution in [0.25, 0.3) is 0 Å². The van der Waals surface area contributed by atoms with Crippen LogP contribution >= 0.6 is 0 Å². The van der Waals surface area contributed by atoms with E-state index in [4.69, 9.17) is 5.26 Å². The van der Waals surface area contributed by atoms with Crippen molar-refractivity contribution in [3.63, 3.8) is 0 Å². The molecule has 2 rings (SSSR count). The molecule has 1 aromatic carbocycles. The minimum Gasteiger partial charge on any atom is -0.393 e. The first-order valence-corrected chi connectivity index (χ1v) is 8.66. The minimum absolute atomic E-state index is 0.00793. The Morgan fingerprint density at radius 2 is 2.08 bits per heavy atom. The zero-order valence-electron chi connectivity index (χ0n) is 14.6. The molecular weight excluding hydrogens is 302 g/mol. The molecule has 0 bridgehead atoms. The highest BCUT2D eigenvalue weighted by Crippen LogP contribution is 2.26. The Bertz CT molecular complexity index is 570. The molecule has 130 valence electrons. The summed E-state index contributed by atoms with van der Waals surface area (Å²) in [6.45, 7) is 3.00. The number of para-hydroxylation sites is 1. The summed E-state index contributed by atoms with van der Waals surface area (Å²) in [6, 6.07) is 11.3. The number of carbonyl (C=O) groups is 1. The molecule has 0 heterocycles. The van der Waals surface area contributed by atoms with Crippen LogP contribution in [0.1, 0.15) is 32.6 Å². The largest absolute Gasteiger partial charge is 0.393 e. The lowest BCUT2D eigenvalue weighted by Crippen LogP contribution is -2.48. The van der Waals surface area contributed by atoms with Gasteiger partial charge in [-0.25, -0.2) is 0 Å². The van der Waals surface area contributed by atoms with Gasteiger partial charge in [0.05, 0.1) is 24.6 Å². The van der Waals surface area contributed by atoms with Crippen LogP contribution in [-0.2, 0) is 4.79 Å². The summed E-state index contributed by atoms with van der Waals surface area (Å²) >= 11 is 0. The summed E-state index contributed by atoms with van der Waals surface area (Å²) in [7, 11) is 1.93. The van der Waals surface area contributed by atoms with Crippen LogP contribution in [0.4, 0.5) is 5.69 Å². The summed E-state index contributed by atoms with van der Waals surface area (Å²) in [5.74, 6) is 0.237. The van der Waals surface area contributed by atoms with Gasteiger partial charge in [0, 0.05) is 18.8 Å².